The SMILES string of the molecule is N[C@H]1CC[C@H](Nc2c(C3(C=O)CC3)cnc3ccc(-c4cc(F)c(O)cc4F)cc23)CC1. The minimum atomic E-state index is -0.886. The van der Waals surface area contributed by atoms with Crippen LogP contribution in [0.1, 0.15) is 44.1 Å². The Morgan fingerprint density at radius 2 is 1.84 bits per heavy atom. The number of halogens is 2. The number of phenols is 1. The van der Waals surface area contributed by atoms with Gasteiger partial charge in [0.2, 0.25) is 0 Å². The summed E-state index contributed by atoms with van der Waals surface area (Å²) in [5.74, 6) is -2.33. The molecule has 5 nitrogen and oxygen atoms in total. The average Bonchev–Trinajstić information content (AvgIpc) is 3.59. The van der Waals surface area contributed by atoms with Crippen molar-refractivity contribution >= 4 is 22.9 Å². The highest BCUT2D eigenvalue weighted by atomic mass is 19.1. The summed E-state index contributed by atoms with van der Waals surface area (Å²) >= 11 is 0. The Bertz CT molecular complexity index is 1200. The van der Waals surface area contributed by atoms with Crippen LogP contribution in [-0.4, -0.2) is 28.5 Å². The van der Waals surface area contributed by atoms with Crippen LogP contribution in [-0.2, 0) is 10.2 Å². The second-order valence-corrected chi connectivity index (χ2v) is 9.09. The number of nitrogens with one attached hydrogen (secondary N) is 1. The van der Waals surface area contributed by atoms with Crippen molar-refractivity contribution in [1.82, 2.24) is 4.98 Å². The van der Waals surface area contributed by atoms with Crippen molar-refractivity contribution in [2.24, 2.45) is 5.73 Å². The molecule has 32 heavy (non-hydrogen) atoms. The molecule has 0 bridgehead atoms. The van der Waals surface area contributed by atoms with Crippen LogP contribution in [0.2, 0.25) is 0 Å². The first-order chi connectivity index (χ1) is 15.4. The van der Waals surface area contributed by atoms with E-state index in [9.17, 15) is 18.7 Å². The number of fused-ring (bicyclic) bond motifs is 1. The number of phenolic OH excluding ortho intramolecular Hbond substituents is 1. The van der Waals surface area contributed by atoms with E-state index in [0.29, 0.717) is 11.1 Å². The number of hydrogen-bond donors (Lipinski definition) is 3. The van der Waals surface area contributed by atoms with Crippen molar-refractivity contribution < 1.29 is 18.7 Å². The first-order valence-electron chi connectivity index (χ1n) is 11.0. The molecule has 0 radical (unpaired) electrons. The number of pyridine rings is 1. The van der Waals surface area contributed by atoms with Gasteiger partial charge in [-0.05, 0) is 62.3 Å². The fourth-order valence-electron chi connectivity index (χ4n) is 4.70. The predicted octanol–water partition coefficient (Wildman–Crippen LogP) is 4.80. The smallest absolute Gasteiger partial charge is 0.165 e. The van der Waals surface area contributed by atoms with Crippen LogP contribution in [0.4, 0.5) is 14.5 Å². The number of nitrogens with two attached hydrogens (primary N) is 1. The van der Waals surface area contributed by atoms with E-state index in [0.717, 1.165) is 73.6 Å². The number of anilines is 1. The highest BCUT2D eigenvalue weighted by molar-refractivity contribution is 5.98. The van der Waals surface area contributed by atoms with E-state index < -0.39 is 22.8 Å². The summed E-state index contributed by atoms with van der Waals surface area (Å²) in [6.07, 6.45) is 8.01. The first-order valence-corrected chi connectivity index (χ1v) is 11.0. The predicted molar refractivity (Wildman–Crippen MR) is 120 cm³/mol. The van der Waals surface area contributed by atoms with Crippen molar-refractivity contribution in [3.05, 3.63) is 53.7 Å². The number of aromatic nitrogens is 1. The lowest BCUT2D eigenvalue weighted by molar-refractivity contribution is -0.109. The molecule has 0 unspecified atom stereocenters. The van der Waals surface area contributed by atoms with Crippen LogP contribution in [0.5, 0.6) is 5.75 Å². The fourth-order valence-corrected chi connectivity index (χ4v) is 4.70. The molecule has 2 saturated carbocycles. The summed E-state index contributed by atoms with van der Waals surface area (Å²) < 4.78 is 28.5. The summed E-state index contributed by atoms with van der Waals surface area (Å²) in [7, 11) is 0. The molecule has 0 amide bonds. The van der Waals surface area contributed by atoms with E-state index in [2.05, 4.69) is 10.3 Å². The van der Waals surface area contributed by atoms with Crippen LogP contribution in [0.15, 0.2) is 36.5 Å². The number of carbonyl (C=O) groups excluding carboxylic acids is 1. The third kappa shape index (κ3) is 3.60. The van der Waals surface area contributed by atoms with Gasteiger partial charge in [-0.1, -0.05) is 6.07 Å². The number of benzene rings is 2. The number of carbonyl (C=O) groups is 1. The van der Waals surface area contributed by atoms with Gasteiger partial charge in [0.15, 0.2) is 11.6 Å². The highest BCUT2D eigenvalue weighted by Crippen LogP contribution is 2.50. The van der Waals surface area contributed by atoms with Crippen molar-refractivity contribution in [3.63, 3.8) is 0 Å². The fraction of sp³-hybridized carbons (Fsp3) is 0.360. The third-order valence-electron chi connectivity index (χ3n) is 6.89. The molecule has 2 aromatic carbocycles. The van der Waals surface area contributed by atoms with Crippen molar-refractivity contribution in [3.8, 4) is 16.9 Å². The Balaban J connectivity index is 1.65. The highest BCUT2D eigenvalue weighted by Gasteiger charge is 2.46. The van der Waals surface area contributed by atoms with Gasteiger partial charge in [-0.25, -0.2) is 8.78 Å². The first kappa shape index (κ1) is 20.8. The number of rotatable bonds is 5. The summed E-state index contributed by atoms with van der Waals surface area (Å²) in [5.41, 5.74) is 8.44. The zero-order chi connectivity index (χ0) is 22.5. The lowest BCUT2D eigenvalue weighted by atomic mass is 9.89. The number of nitrogens with zero attached hydrogens (tertiary/aromatic N) is 1. The van der Waals surface area contributed by atoms with E-state index in [4.69, 9.17) is 5.73 Å². The van der Waals surface area contributed by atoms with Crippen LogP contribution < -0.4 is 11.1 Å². The number of hydrogen-bond acceptors (Lipinski definition) is 5. The Kier molecular flexibility index (Phi) is 5.08. The summed E-state index contributed by atoms with van der Waals surface area (Å²) in [6, 6.07) is 7.42. The number of aldehydes is 1. The zero-order valence-corrected chi connectivity index (χ0v) is 17.6. The largest absolute Gasteiger partial charge is 0.505 e. The molecule has 2 fully saturated rings. The standard InChI is InChI=1S/C25H25F2N3O2/c26-20-11-23(32)21(27)10-17(20)14-1-6-22-18(9-14)24(30-16-4-2-15(28)3-5-16)19(12-29-22)25(13-31)7-8-25/h1,6,9-13,15-16,32H,2-5,7-8,28H2,(H,29,30)/t15-,16-. The van der Waals surface area contributed by atoms with Gasteiger partial charge in [-0.3, -0.25) is 4.98 Å². The molecule has 0 saturated heterocycles. The monoisotopic (exact) mass is 437 g/mol. The molecule has 5 rings (SSSR count). The molecular formula is C25H25F2N3O2. The van der Waals surface area contributed by atoms with Crippen molar-refractivity contribution in [1.29, 1.82) is 0 Å². The van der Waals surface area contributed by atoms with Gasteiger partial charge in [0.1, 0.15) is 12.1 Å². The maximum Gasteiger partial charge on any atom is 0.165 e. The van der Waals surface area contributed by atoms with E-state index in [1.54, 1.807) is 24.4 Å². The van der Waals surface area contributed by atoms with Crippen LogP contribution in [0.25, 0.3) is 22.0 Å². The Hall–Kier alpha value is -3.06. The van der Waals surface area contributed by atoms with Crippen LogP contribution in [0, 0.1) is 11.6 Å². The molecule has 7 heteroatoms. The molecule has 0 spiro atoms. The molecule has 0 aliphatic heterocycles. The van der Waals surface area contributed by atoms with E-state index in [-0.39, 0.29) is 17.6 Å². The average molecular weight is 437 g/mol. The molecular weight excluding hydrogens is 412 g/mol. The Morgan fingerprint density at radius 3 is 2.53 bits per heavy atom. The maximum atomic E-state index is 14.5. The third-order valence-corrected chi connectivity index (χ3v) is 6.89. The van der Waals surface area contributed by atoms with Gasteiger partial charge >= 0.3 is 0 Å². The molecule has 4 N–H and O–H groups in total. The van der Waals surface area contributed by atoms with Gasteiger partial charge in [-0.2, -0.15) is 0 Å². The van der Waals surface area contributed by atoms with Gasteiger partial charge in [0.25, 0.3) is 0 Å². The zero-order valence-electron chi connectivity index (χ0n) is 17.6. The van der Waals surface area contributed by atoms with Crippen molar-refractivity contribution in [2.75, 3.05) is 5.32 Å². The Labute approximate surface area is 184 Å². The molecule has 166 valence electrons. The molecule has 2 aliphatic rings. The summed E-state index contributed by atoms with van der Waals surface area (Å²) in [6.45, 7) is 0. The van der Waals surface area contributed by atoms with Crippen LogP contribution >= 0.6 is 0 Å². The summed E-state index contributed by atoms with van der Waals surface area (Å²) in [4.78, 5) is 16.5. The second kappa shape index (κ2) is 7.81. The maximum absolute atomic E-state index is 14.5. The lowest BCUT2D eigenvalue weighted by Gasteiger charge is -2.29. The van der Waals surface area contributed by atoms with Crippen LogP contribution in [0.3, 0.4) is 0 Å². The summed E-state index contributed by atoms with van der Waals surface area (Å²) in [5, 5.41) is 13.9. The minimum Gasteiger partial charge on any atom is -0.505 e. The second-order valence-electron chi connectivity index (χ2n) is 9.09. The van der Waals surface area contributed by atoms with Gasteiger partial charge in [0, 0.05) is 46.5 Å². The molecule has 1 aromatic heterocycles. The van der Waals surface area contributed by atoms with Crippen molar-refractivity contribution in [2.45, 2.75) is 56.0 Å². The Morgan fingerprint density at radius 1 is 1.09 bits per heavy atom. The molecule has 1 heterocycles. The molecule has 0 atom stereocenters. The van der Waals surface area contributed by atoms with E-state index in [1.165, 1.54) is 0 Å². The normalized spacial score (nSPS) is 22.0. The molecule has 3 aromatic rings. The van der Waals surface area contributed by atoms with E-state index in [1.807, 2.05) is 0 Å². The van der Waals surface area contributed by atoms with Gasteiger partial charge in [-0.15, -0.1) is 0 Å². The van der Waals surface area contributed by atoms with E-state index >= 15 is 0 Å². The minimum absolute atomic E-state index is 0.0544. The quantitative estimate of drug-likeness (QED) is 0.499. The number of aromatic hydroxyl groups is 1. The molecule has 2 aliphatic carbocycles. The van der Waals surface area contributed by atoms with Gasteiger partial charge < -0.3 is 21.0 Å². The lowest BCUT2D eigenvalue weighted by Crippen LogP contribution is -2.33. The van der Waals surface area contributed by atoms with Gasteiger partial charge in [0.05, 0.1) is 10.9 Å². The topological polar surface area (TPSA) is 88.2 Å².